The average molecular weight is 138 g/mol. The molecule has 1 aromatic rings. The Balaban J connectivity index is 2.83. The van der Waals surface area contributed by atoms with Crippen LogP contribution in [0.4, 0.5) is 0 Å². The van der Waals surface area contributed by atoms with E-state index in [-0.39, 0.29) is 0 Å². The van der Waals surface area contributed by atoms with Crippen LogP contribution in [0.3, 0.4) is 0 Å². The van der Waals surface area contributed by atoms with Gasteiger partial charge in [-0.3, -0.25) is 4.68 Å². The van der Waals surface area contributed by atoms with E-state index < -0.39 is 0 Å². The largest absolute Gasteiger partial charge is 0.273 e. The molecule has 0 radical (unpaired) electrons. The number of hydrogen-bond donors (Lipinski definition) is 0. The van der Waals surface area contributed by atoms with Gasteiger partial charge in [-0.1, -0.05) is 13.3 Å². The highest BCUT2D eigenvalue weighted by molar-refractivity contribution is 5.15. The summed E-state index contributed by atoms with van der Waals surface area (Å²) in [7, 11) is 1.98. The maximum atomic E-state index is 4.15. The first-order chi connectivity index (χ1) is 4.75. The lowest BCUT2D eigenvalue weighted by Gasteiger charge is -1.96. The second-order valence-electron chi connectivity index (χ2n) is 2.63. The van der Waals surface area contributed by atoms with Crippen LogP contribution in [0.5, 0.6) is 0 Å². The standard InChI is InChI=1S/C8H14N2/c1-4-5-8-6-9-10(3)7(8)2/h6H,4-5H2,1-3H3. The van der Waals surface area contributed by atoms with Gasteiger partial charge >= 0.3 is 0 Å². The normalized spacial score (nSPS) is 10.3. The summed E-state index contributed by atoms with van der Waals surface area (Å²) in [4.78, 5) is 0. The molecule has 0 N–H and O–H groups in total. The first-order valence-corrected chi connectivity index (χ1v) is 3.73. The molecule has 2 nitrogen and oxygen atoms in total. The zero-order valence-corrected chi connectivity index (χ0v) is 6.89. The summed E-state index contributed by atoms with van der Waals surface area (Å²) in [5.74, 6) is 0. The van der Waals surface area contributed by atoms with Gasteiger partial charge < -0.3 is 0 Å². The third kappa shape index (κ3) is 1.20. The molecule has 1 heterocycles. The van der Waals surface area contributed by atoms with Gasteiger partial charge in [-0.05, 0) is 18.9 Å². The van der Waals surface area contributed by atoms with E-state index in [2.05, 4.69) is 18.9 Å². The van der Waals surface area contributed by atoms with Crippen LogP contribution in [0, 0.1) is 6.92 Å². The maximum Gasteiger partial charge on any atom is 0.0524 e. The summed E-state index contributed by atoms with van der Waals surface area (Å²) in [6.07, 6.45) is 4.31. The molecule has 1 aromatic heterocycles. The van der Waals surface area contributed by atoms with Gasteiger partial charge in [0.25, 0.3) is 0 Å². The molecule has 0 spiro atoms. The van der Waals surface area contributed by atoms with E-state index in [0.29, 0.717) is 0 Å². The van der Waals surface area contributed by atoms with Crippen LogP contribution in [0.1, 0.15) is 24.6 Å². The Bertz CT molecular complexity index is 213. The predicted octanol–water partition coefficient (Wildman–Crippen LogP) is 1.68. The zero-order valence-electron chi connectivity index (χ0n) is 6.89. The van der Waals surface area contributed by atoms with E-state index in [1.54, 1.807) is 0 Å². The molecule has 1 rings (SSSR count). The molecule has 0 bridgehead atoms. The minimum atomic E-state index is 1.15. The summed E-state index contributed by atoms with van der Waals surface area (Å²) in [5, 5.41) is 4.15. The van der Waals surface area contributed by atoms with Crippen LogP contribution in [-0.4, -0.2) is 9.78 Å². The Hall–Kier alpha value is -0.790. The van der Waals surface area contributed by atoms with E-state index in [0.717, 1.165) is 6.42 Å². The van der Waals surface area contributed by atoms with Gasteiger partial charge in [-0.2, -0.15) is 5.10 Å². The number of hydrogen-bond acceptors (Lipinski definition) is 1. The molecule has 0 unspecified atom stereocenters. The van der Waals surface area contributed by atoms with Crippen LogP contribution < -0.4 is 0 Å². The minimum Gasteiger partial charge on any atom is -0.273 e. The monoisotopic (exact) mass is 138 g/mol. The molecule has 0 aromatic carbocycles. The molecule has 0 fully saturated rings. The van der Waals surface area contributed by atoms with Crippen molar-refractivity contribution < 1.29 is 0 Å². The number of rotatable bonds is 2. The highest BCUT2D eigenvalue weighted by Gasteiger charge is 2.00. The first-order valence-electron chi connectivity index (χ1n) is 3.73. The van der Waals surface area contributed by atoms with Gasteiger partial charge in [-0.25, -0.2) is 0 Å². The number of aryl methyl sites for hydroxylation is 2. The lowest BCUT2D eigenvalue weighted by Crippen LogP contribution is -1.93. The lowest BCUT2D eigenvalue weighted by atomic mass is 10.1. The molecule has 0 atom stereocenters. The van der Waals surface area contributed by atoms with Gasteiger partial charge in [0.15, 0.2) is 0 Å². The van der Waals surface area contributed by atoms with E-state index >= 15 is 0 Å². The van der Waals surface area contributed by atoms with Crippen LogP contribution in [0.15, 0.2) is 6.20 Å². The molecule has 10 heavy (non-hydrogen) atoms. The molecule has 0 amide bonds. The highest BCUT2D eigenvalue weighted by atomic mass is 15.3. The first kappa shape index (κ1) is 7.32. The van der Waals surface area contributed by atoms with Crippen molar-refractivity contribution >= 4 is 0 Å². The van der Waals surface area contributed by atoms with Gasteiger partial charge in [-0.15, -0.1) is 0 Å². The van der Waals surface area contributed by atoms with Crippen molar-refractivity contribution in [3.63, 3.8) is 0 Å². The third-order valence-corrected chi connectivity index (χ3v) is 1.86. The van der Waals surface area contributed by atoms with Crippen molar-refractivity contribution in [2.24, 2.45) is 7.05 Å². The fourth-order valence-corrected chi connectivity index (χ4v) is 1.06. The zero-order chi connectivity index (χ0) is 7.56. The van der Waals surface area contributed by atoms with E-state index in [1.165, 1.54) is 17.7 Å². The van der Waals surface area contributed by atoms with E-state index in [4.69, 9.17) is 0 Å². The maximum absolute atomic E-state index is 4.15. The van der Waals surface area contributed by atoms with Gasteiger partial charge in [0.2, 0.25) is 0 Å². The Morgan fingerprint density at radius 3 is 2.70 bits per heavy atom. The molecule has 2 heteroatoms. The molecular formula is C8H14N2. The smallest absolute Gasteiger partial charge is 0.0524 e. The molecule has 0 saturated heterocycles. The fraction of sp³-hybridized carbons (Fsp3) is 0.625. The molecule has 0 aliphatic carbocycles. The summed E-state index contributed by atoms with van der Waals surface area (Å²) in [5.41, 5.74) is 2.67. The Morgan fingerprint density at radius 1 is 1.60 bits per heavy atom. The molecule has 56 valence electrons. The van der Waals surface area contributed by atoms with E-state index in [1.807, 2.05) is 17.9 Å². The Morgan fingerprint density at radius 2 is 2.30 bits per heavy atom. The summed E-state index contributed by atoms with van der Waals surface area (Å²) < 4.78 is 1.92. The summed E-state index contributed by atoms with van der Waals surface area (Å²) in [6.45, 7) is 4.30. The van der Waals surface area contributed by atoms with Crippen LogP contribution in [0.25, 0.3) is 0 Å². The molecule has 0 aliphatic rings. The summed E-state index contributed by atoms with van der Waals surface area (Å²) >= 11 is 0. The van der Waals surface area contributed by atoms with Crippen LogP contribution in [0.2, 0.25) is 0 Å². The second-order valence-corrected chi connectivity index (χ2v) is 2.63. The van der Waals surface area contributed by atoms with Crippen LogP contribution in [-0.2, 0) is 13.5 Å². The highest BCUT2D eigenvalue weighted by Crippen LogP contribution is 2.07. The van der Waals surface area contributed by atoms with Gasteiger partial charge in [0.05, 0.1) is 6.20 Å². The molecular weight excluding hydrogens is 124 g/mol. The van der Waals surface area contributed by atoms with Crippen molar-refractivity contribution in [3.05, 3.63) is 17.5 Å². The second kappa shape index (κ2) is 2.86. The topological polar surface area (TPSA) is 17.8 Å². The Kier molecular flexibility index (Phi) is 2.10. The van der Waals surface area contributed by atoms with Crippen LogP contribution >= 0.6 is 0 Å². The van der Waals surface area contributed by atoms with E-state index in [9.17, 15) is 0 Å². The lowest BCUT2D eigenvalue weighted by molar-refractivity contribution is 0.736. The average Bonchev–Trinajstić information content (AvgIpc) is 2.20. The third-order valence-electron chi connectivity index (χ3n) is 1.86. The number of aromatic nitrogens is 2. The summed E-state index contributed by atoms with van der Waals surface area (Å²) in [6, 6.07) is 0. The van der Waals surface area contributed by atoms with Crippen molar-refractivity contribution in [2.75, 3.05) is 0 Å². The van der Waals surface area contributed by atoms with Crippen molar-refractivity contribution in [2.45, 2.75) is 26.7 Å². The van der Waals surface area contributed by atoms with Gasteiger partial charge in [0.1, 0.15) is 0 Å². The fourth-order valence-electron chi connectivity index (χ4n) is 1.06. The van der Waals surface area contributed by atoms with Gasteiger partial charge in [0, 0.05) is 12.7 Å². The molecule has 0 aliphatic heterocycles. The van der Waals surface area contributed by atoms with Crippen molar-refractivity contribution in [3.8, 4) is 0 Å². The quantitative estimate of drug-likeness (QED) is 0.608. The Labute approximate surface area is 61.9 Å². The number of nitrogens with zero attached hydrogens (tertiary/aromatic N) is 2. The minimum absolute atomic E-state index is 1.15. The predicted molar refractivity (Wildman–Crippen MR) is 41.9 cm³/mol. The SMILES string of the molecule is CCCc1cnn(C)c1C. The van der Waals surface area contributed by atoms with Crippen molar-refractivity contribution in [1.82, 2.24) is 9.78 Å². The molecule has 0 saturated carbocycles. The van der Waals surface area contributed by atoms with Crippen molar-refractivity contribution in [1.29, 1.82) is 0 Å².